The Kier molecular flexibility index (Phi) is 5.79. The maximum atomic E-state index is 13.0. The van der Waals surface area contributed by atoms with E-state index >= 15 is 0 Å². The molecule has 1 saturated heterocycles. The van der Waals surface area contributed by atoms with Gasteiger partial charge in [-0.05, 0) is 71.9 Å². The van der Waals surface area contributed by atoms with Gasteiger partial charge in [0.25, 0.3) is 0 Å². The van der Waals surface area contributed by atoms with Crippen molar-refractivity contribution in [1.29, 1.82) is 0 Å². The van der Waals surface area contributed by atoms with Gasteiger partial charge in [0.05, 0.1) is 26.0 Å². The van der Waals surface area contributed by atoms with Crippen LogP contribution in [0.5, 0.6) is 11.5 Å². The number of hydrogen-bond acceptors (Lipinski definition) is 5. The normalized spacial score (nSPS) is 21.8. The summed E-state index contributed by atoms with van der Waals surface area (Å²) in [5.74, 6) is 2.60. The van der Waals surface area contributed by atoms with Crippen molar-refractivity contribution in [3.05, 3.63) is 76.5 Å². The van der Waals surface area contributed by atoms with Crippen LogP contribution >= 0.6 is 11.8 Å². The van der Waals surface area contributed by atoms with Gasteiger partial charge in [0, 0.05) is 12.2 Å². The molecular weight excluding hydrogens is 420 g/mol. The van der Waals surface area contributed by atoms with Gasteiger partial charge in [-0.15, -0.1) is 0 Å². The topological polar surface area (TPSA) is 51.1 Å². The van der Waals surface area contributed by atoms with Crippen molar-refractivity contribution in [3.63, 3.8) is 0 Å². The highest BCUT2D eigenvalue weighted by molar-refractivity contribution is 8.14. The number of thioether (sulfide) groups is 1. The summed E-state index contributed by atoms with van der Waals surface area (Å²) < 4.78 is 10.6. The molecule has 1 fully saturated rings. The molecule has 6 heteroatoms. The van der Waals surface area contributed by atoms with Crippen LogP contribution in [0.25, 0.3) is 6.08 Å². The van der Waals surface area contributed by atoms with E-state index in [9.17, 15) is 4.79 Å². The number of ether oxygens (including phenoxy) is 2. The summed E-state index contributed by atoms with van der Waals surface area (Å²) in [6, 6.07) is 16.1. The Labute approximate surface area is 192 Å². The number of hydrogen-bond donors (Lipinski definition) is 0. The van der Waals surface area contributed by atoms with Gasteiger partial charge in [0.1, 0.15) is 11.5 Å². The van der Waals surface area contributed by atoms with Crippen molar-refractivity contribution >= 4 is 28.9 Å². The van der Waals surface area contributed by atoms with Crippen LogP contribution in [0.1, 0.15) is 42.9 Å². The van der Waals surface area contributed by atoms with Crippen molar-refractivity contribution in [2.75, 3.05) is 20.0 Å². The largest absolute Gasteiger partial charge is 0.497 e. The first-order valence-electron chi connectivity index (χ1n) is 10.9. The first kappa shape index (κ1) is 20.9. The third-order valence-electron chi connectivity index (χ3n) is 6.21. The third kappa shape index (κ3) is 3.84. The summed E-state index contributed by atoms with van der Waals surface area (Å²) in [5, 5.41) is 0.823. The van der Waals surface area contributed by atoms with Gasteiger partial charge in [0.15, 0.2) is 5.17 Å². The van der Waals surface area contributed by atoms with Crippen molar-refractivity contribution in [1.82, 2.24) is 4.90 Å². The summed E-state index contributed by atoms with van der Waals surface area (Å²) in [6.07, 6.45) is 5.75. The predicted molar refractivity (Wildman–Crippen MR) is 129 cm³/mol. The molecule has 0 spiro atoms. The number of nitrogens with zero attached hydrogens (tertiary/aromatic N) is 2. The minimum absolute atomic E-state index is 0.108. The highest BCUT2D eigenvalue weighted by atomic mass is 32.2. The quantitative estimate of drug-likeness (QED) is 0.613. The Morgan fingerprint density at radius 1 is 0.969 bits per heavy atom. The molecule has 5 nitrogen and oxygen atoms in total. The average Bonchev–Trinajstić information content (AvgIpc) is 2.84. The van der Waals surface area contributed by atoms with Crippen LogP contribution in [0.4, 0.5) is 0 Å². The number of amidine groups is 1. The van der Waals surface area contributed by atoms with Crippen molar-refractivity contribution in [2.45, 2.75) is 31.7 Å². The number of carbonyl (C=O) groups excluding carboxylic acids is 1. The second-order valence-electron chi connectivity index (χ2n) is 8.10. The van der Waals surface area contributed by atoms with E-state index in [1.54, 1.807) is 26.0 Å². The minimum Gasteiger partial charge on any atom is -0.497 e. The Hall–Kier alpha value is -2.99. The Morgan fingerprint density at radius 2 is 1.66 bits per heavy atom. The Morgan fingerprint density at radius 3 is 2.34 bits per heavy atom. The smallest absolute Gasteiger partial charge is 0.230 e. The molecule has 0 radical (unpaired) electrons. The van der Waals surface area contributed by atoms with E-state index in [1.807, 2.05) is 29.2 Å². The van der Waals surface area contributed by atoms with Gasteiger partial charge in [-0.3, -0.25) is 9.69 Å². The second kappa shape index (κ2) is 8.87. The van der Waals surface area contributed by atoms with Gasteiger partial charge in [-0.1, -0.05) is 36.0 Å². The molecule has 164 valence electrons. The molecule has 32 heavy (non-hydrogen) atoms. The highest BCUT2D eigenvalue weighted by Crippen LogP contribution is 2.47. The summed E-state index contributed by atoms with van der Waals surface area (Å²) >= 11 is 1.68. The van der Waals surface area contributed by atoms with Crippen molar-refractivity contribution in [2.24, 2.45) is 4.99 Å². The van der Waals surface area contributed by atoms with Crippen LogP contribution in [0, 0.1) is 0 Å². The molecule has 2 aliphatic heterocycles. The monoisotopic (exact) mass is 446 g/mol. The summed E-state index contributed by atoms with van der Waals surface area (Å²) in [7, 11) is 3.35. The van der Waals surface area contributed by atoms with E-state index in [4.69, 9.17) is 14.5 Å². The van der Waals surface area contributed by atoms with Crippen LogP contribution in [0.15, 0.2) is 70.4 Å². The zero-order valence-electron chi connectivity index (χ0n) is 18.3. The zero-order chi connectivity index (χ0) is 22.1. The lowest BCUT2D eigenvalue weighted by Crippen LogP contribution is -2.45. The van der Waals surface area contributed by atoms with E-state index < -0.39 is 0 Å². The fourth-order valence-electron chi connectivity index (χ4n) is 4.62. The second-order valence-corrected chi connectivity index (χ2v) is 9.16. The summed E-state index contributed by atoms with van der Waals surface area (Å²) in [4.78, 5) is 20.0. The average molecular weight is 447 g/mol. The van der Waals surface area contributed by atoms with Gasteiger partial charge in [0.2, 0.25) is 5.91 Å². The van der Waals surface area contributed by atoms with Crippen LogP contribution in [-0.4, -0.2) is 35.9 Å². The van der Waals surface area contributed by atoms with Crippen molar-refractivity contribution in [3.8, 4) is 11.5 Å². The van der Waals surface area contributed by atoms with E-state index in [-0.39, 0.29) is 11.9 Å². The number of fused-ring (bicyclic) bond motifs is 1. The number of methoxy groups -OCH3 is 2. The van der Waals surface area contributed by atoms with Gasteiger partial charge in [-0.2, -0.15) is 0 Å². The SMILES string of the molecule is COc1ccc(/C=C2\CCCC3=C2N=C2SCCC(=O)N2[C@H]3c2ccc(OC)cc2)cc1. The lowest BCUT2D eigenvalue weighted by atomic mass is 9.83. The fourth-order valence-corrected chi connectivity index (χ4v) is 5.58. The molecule has 2 aromatic rings. The molecule has 2 heterocycles. The van der Waals surface area contributed by atoms with E-state index in [0.717, 1.165) is 58.5 Å². The van der Waals surface area contributed by atoms with Crippen LogP contribution in [0.2, 0.25) is 0 Å². The van der Waals surface area contributed by atoms with Gasteiger partial charge in [-0.25, -0.2) is 4.99 Å². The number of carbonyl (C=O) groups is 1. The fraction of sp³-hybridized carbons (Fsp3) is 0.308. The number of allylic oxidation sites excluding steroid dienone is 1. The van der Waals surface area contributed by atoms with Crippen LogP contribution in [0.3, 0.4) is 0 Å². The summed E-state index contributed by atoms with van der Waals surface area (Å²) in [6.45, 7) is 0. The first-order valence-corrected chi connectivity index (χ1v) is 11.9. The lowest BCUT2D eigenvalue weighted by Gasteiger charge is -2.42. The van der Waals surface area contributed by atoms with Crippen LogP contribution in [-0.2, 0) is 4.79 Å². The number of amides is 1. The number of benzene rings is 2. The maximum Gasteiger partial charge on any atom is 0.230 e. The molecule has 5 rings (SSSR count). The van der Waals surface area contributed by atoms with Crippen molar-refractivity contribution < 1.29 is 14.3 Å². The molecule has 1 aliphatic carbocycles. The molecule has 0 aromatic heterocycles. The zero-order valence-corrected chi connectivity index (χ0v) is 19.2. The van der Waals surface area contributed by atoms with E-state index in [1.165, 1.54) is 11.1 Å². The molecule has 0 N–H and O–H groups in total. The van der Waals surface area contributed by atoms with Crippen LogP contribution < -0.4 is 9.47 Å². The molecule has 2 aromatic carbocycles. The highest BCUT2D eigenvalue weighted by Gasteiger charge is 2.40. The number of aliphatic imine (C=N–C) groups is 1. The minimum atomic E-state index is -0.108. The summed E-state index contributed by atoms with van der Waals surface area (Å²) in [5.41, 5.74) is 5.76. The molecule has 0 unspecified atom stereocenters. The number of rotatable bonds is 4. The Bertz CT molecular complexity index is 1120. The maximum absolute atomic E-state index is 13.0. The Balaban J connectivity index is 1.61. The third-order valence-corrected chi connectivity index (χ3v) is 7.16. The molecule has 3 aliphatic rings. The van der Waals surface area contributed by atoms with E-state index in [2.05, 4.69) is 30.3 Å². The molecule has 0 bridgehead atoms. The molecule has 0 saturated carbocycles. The van der Waals surface area contributed by atoms with Gasteiger partial charge < -0.3 is 9.47 Å². The standard InChI is InChI=1S/C26H26N2O3S/c1-30-20-10-6-17(7-11-20)16-19-4-3-5-22-24(19)27-26-28(23(29)14-15-32-26)25(22)18-8-12-21(31-2)13-9-18/h6-13,16,25H,3-5,14-15H2,1-2H3/b19-16+/t25-/m0/s1. The molecule has 1 amide bonds. The van der Waals surface area contributed by atoms with Gasteiger partial charge >= 0.3 is 0 Å². The molecular formula is C26H26N2O3S. The first-order chi connectivity index (χ1) is 15.7. The predicted octanol–water partition coefficient (Wildman–Crippen LogP) is 5.60. The molecule has 1 atom stereocenters. The lowest BCUT2D eigenvalue weighted by molar-refractivity contribution is -0.128. The van der Waals surface area contributed by atoms with E-state index in [0.29, 0.717) is 6.42 Å².